The fourth-order valence-corrected chi connectivity index (χ4v) is 1.25. The Hall–Kier alpha value is -1.18. The molecule has 1 fully saturated rings. The molecule has 15 heavy (non-hydrogen) atoms. The monoisotopic (exact) mass is 218 g/mol. The lowest BCUT2D eigenvalue weighted by Crippen LogP contribution is -2.58. The van der Waals surface area contributed by atoms with Crippen molar-refractivity contribution in [3.05, 3.63) is 0 Å². The Balaban J connectivity index is 2.57. The quantitative estimate of drug-likeness (QED) is 0.419. The van der Waals surface area contributed by atoms with Crippen LogP contribution in [0.4, 0.5) is 0 Å². The van der Waals surface area contributed by atoms with Crippen LogP contribution in [-0.4, -0.2) is 53.5 Å². The zero-order valence-corrected chi connectivity index (χ0v) is 8.10. The van der Waals surface area contributed by atoms with Crippen molar-refractivity contribution in [2.24, 2.45) is 5.73 Å². The summed E-state index contributed by atoms with van der Waals surface area (Å²) in [4.78, 5) is 22.1. The molecule has 0 radical (unpaired) electrons. The minimum atomic E-state index is -1.32. The second kappa shape index (κ2) is 4.56. The van der Waals surface area contributed by atoms with Crippen molar-refractivity contribution in [1.82, 2.24) is 5.32 Å². The highest BCUT2D eigenvalue weighted by atomic mass is 16.5. The molecular weight excluding hydrogens is 204 g/mol. The van der Waals surface area contributed by atoms with Gasteiger partial charge in [0.15, 0.2) is 0 Å². The Kier molecular flexibility index (Phi) is 3.61. The molecule has 0 aliphatic carbocycles. The summed E-state index contributed by atoms with van der Waals surface area (Å²) < 4.78 is 4.96. The van der Waals surface area contributed by atoms with E-state index in [0.29, 0.717) is 13.0 Å². The van der Waals surface area contributed by atoms with E-state index >= 15 is 0 Å². The molecule has 1 unspecified atom stereocenters. The van der Waals surface area contributed by atoms with Gasteiger partial charge < -0.3 is 26.0 Å². The molecule has 1 rings (SSSR count). The number of carbonyl (C=O) groups is 2. The first kappa shape index (κ1) is 11.9. The van der Waals surface area contributed by atoms with E-state index in [1.807, 2.05) is 0 Å². The minimum absolute atomic E-state index is 0.0661. The molecule has 5 N–H and O–H groups in total. The van der Waals surface area contributed by atoms with E-state index < -0.39 is 30.1 Å². The highest BCUT2D eigenvalue weighted by Crippen LogP contribution is 2.15. The van der Waals surface area contributed by atoms with Crippen molar-refractivity contribution in [3.8, 4) is 0 Å². The molecule has 0 aromatic rings. The molecule has 0 aromatic heterocycles. The molecule has 0 aromatic carbocycles. The Morgan fingerprint density at radius 3 is 2.67 bits per heavy atom. The fourth-order valence-electron chi connectivity index (χ4n) is 1.25. The number of rotatable bonds is 4. The maximum atomic E-state index is 11.6. The van der Waals surface area contributed by atoms with Crippen LogP contribution in [0, 0.1) is 0 Å². The first-order valence-corrected chi connectivity index (χ1v) is 4.51. The Morgan fingerprint density at radius 1 is 1.60 bits per heavy atom. The number of aliphatic hydroxyl groups is 1. The molecule has 1 heterocycles. The minimum Gasteiger partial charge on any atom is -0.480 e. The summed E-state index contributed by atoms with van der Waals surface area (Å²) in [6.07, 6.45) is 0.344. The third-order valence-corrected chi connectivity index (χ3v) is 2.29. The van der Waals surface area contributed by atoms with Crippen LogP contribution in [0.25, 0.3) is 0 Å². The molecule has 1 aliphatic rings. The second-order valence-electron chi connectivity index (χ2n) is 3.51. The predicted octanol–water partition coefficient (Wildman–Crippen LogP) is -2.33. The Morgan fingerprint density at radius 2 is 2.27 bits per heavy atom. The van der Waals surface area contributed by atoms with Crippen molar-refractivity contribution in [3.63, 3.8) is 0 Å². The van der Waals surface area contributed by atoms with Gasteiger partial charge in [-0.1, -0.05) is 0 Å². The van der Waals surface area contributed by atoms with E-state index in [2.05, 4.69) is 5.32 Å². The van der Waals surface area contributed by atoms with Crippen LogP contribution in [0.2, 0.25) is 0 Å². The van der Waals surface area contributed by atoms with Crippen LogP contribution in [-0.2, 0) is 14.3 Å². The number of nitrogens with two attached hydrogens (primary N) is 1. The van der Waals surface area contributed by atoms with Crippen molar-refractivity contribution in [2.45, 2.75) is 18.0 Å². The third-order valence-electron chi connectivity index (χ3n) is 2.29. The van der Waals surface area contributed by atoms with Gasteiger partial charge in [-0.15, -0.1) is 0 Å². The van der Waals surface area contributed by atoms with Crippen LogP contribution in [0.3, 0.4) is 0 Å². The molecule has 0 bridgehead atoms. The van der Waals surface area contributed by atoms with Gasteiger partial charge in [-0.3, -0.25) is 4.79 Å². The standard InChI is InChI=1S/C8H14N2O5/c9-8(1-2-15-4-8)7(14)10-5(3-11)6(12)13/h5,11H,1-4,9H2,(H,10,14)(H,12,13)/t5-,8?/m1/s1. The number of carboxylic acids is 1. The molecule has 1 amide bonds. The number of carbonyl (C=O) groups excluding carboxylic acids is 1. The van der Waals surface area contributed by atoms with Crippen LogP contribution >= 0.6 is 0 Å². The topological polar surface area (TPSA) is 122 Å². The normalized spacial score (nSPS) is 27.3. The largest absolute Gasteiger partial charge is 0.480 e. The average Bonchev–Trinajstić information content (AvgIpc) is 2.61. The average molecular weight is 218 g/mol. The predicted molar refractivity (Wildman–Crippen MR) is 49.0 cm³/mol. The Bertz CT molecular complexity index is 262. The van der Waals surface area contributed by atoms with E-state index in [4.69, 9.17) is 20.7 Å². The number of hydrogen-bond acceptors (Lipinski definition) is 5. The van der Waals surface area contributed by atoms with Gasteiger partial charge in [0.05, 0.1) is 13.2 Å². The van der Waals surface area contributed by atoms with Gasteiger partial charge >= 0.3 is 5.97 Å². The van der Waals surface area contributed by atoms with Crippen LogP contribution in [0.5, 0.6) is 0 Å². The molecule has 1 aliphatic heterocycles. The molecule has 1 saturated heterocycles. The lowest BCUT2D eigenvalue weighted by atomic mass is 9.99. The SMILES string of the molecule is NC1(C(=O)N[C@H](CO)C(=O)O)CCOC1. The van der Waals surface area contributed by atoms with Gasteiger partial charge in [0, 0.05) is 6.61 Å². The van der Waals surface area contributed by atoms with Gasteiger partial charge in [-0.25, -0.2) is 4.79 Å². The zero-order chi connectivity index (χ0) is 11.5. The summed E-state index contributed by atoms with van der Waals surface area (Å²) in [5, 5.41) is 19.5. The number of aliphatic carboxylic acids is 1. The van der Waals surface area contributed by atoms with E-state index in [-0.39, 0.29) is 6.61 Å². The van der Waals surface area contributed by atoms with E-state index in [0.717, 1.165) is 0 Å². The summed E-state index contributed by atoms with van der Waals surface area (Å²) in [7, 11) is 0. The lowest BCUT2D eigenvalue weighted by molar-refractivity contribution is -0.143. The lowest BCUT2D eigenvalue weighted by Gasteiger charge is -2.22. The van der Waals surface area contributed by atoms with Crippen molar-refractivity contribution in [1.29, 1.82) is 0 Å². The molecule has 7 heteroatoms. The van der Waals surface area contributed by atoms with Crippen molar-refractivity contribution >= 4 is 11.9 Å². The highest BCUT2D eigenvalue weighted by Gasteiger charge is 2.39. The number of amides is 1. The van der Waals surface area contributed by atoms with E-state index in [1.165, 1.54) is 0 Å². The molecule has 86 valence electrons. The smallest absolute Gasteiger partial charge is 0.328 e. The van der Waals surface area contributed by atoms with Crippen molar-refractivity contribution in [2.75, 3.05) is 19.8 Å². The number of ether oxygens (including phenoxy) is 1. The van der Waals surface area contributed by atoms with Gasteiger partial charge in [-0.2, -0.15) is 0 Å². The summed E-state index contributed by atoms with van der Waals surface area (Å²) in [5.41, 5.74) is 4.52. The number of hydrogen-bond donors (Lipinski definition) is 4. The zero-order valence-electron chi connectivity index (χ0n) is 8.10. The molecule has 0 spiro atoms. The number of carboxylic acid groups (broad SMARTS) is 1. The number of aliphatic hydroxyl groups excluding tert-OH is 1. The van der Waals surface area contributed by atoms with Gasteiger partial charge in [-0.05, 0) is 6.42 Å². The highest BCUT2D eigenvalue weighted by molar-refractivity contribution is 5.90. The number of nitrogens with one attached hydrogen (secondary N) is 1. The molecule has 7 nitrogen and oxygen atoms in total. The van der Waals surface area contributed by atoms with Gasteiger partial charge in [0.1, 0.15) is 11.6 Å². The van der Waals surface area contributed by atoms with Gasteiger partial charge in [0.25, 0.3) is 0 Å². The van der Waals surface area contributed by atoms with Crippen LogP contribution < -0.4 is 11.1 Å². The van der Waals surface area contributed by atoms with E-state index in [9.17, 15) is 9.59 Å². The second-order valence-corrected chi connectivity index (χ2v) is 3.51. The van der Waals surface area contributed by atoms with E-state index in [1.54, 1.807) is 0 Å². The summed E-state index contributed by atoms with van der Waals surface area (Å²) in [6, 6.07) is -1.32. The Labute approximate surface area is 86.2 Å². The van der Waals surface area contributed by atoms with Crippen LogP contribution in [0.15, 0.2) is 0 Å². The first-order valence-electron chi connectivity index (χ1n) is 4.51. The molecular formula is C8H14N2O5. The molecule has 2 atom stereocenters. The van der Waals surface area contributed by atoms with Gasteiger partial charge in [0.2, 0.25) is 5.91 Å². The molecule has 0 saturated carbocycles. The maximum absolute atomic E-state index is 11.6. The van der Waals surface area contributed by atoms with Crippen molar-refractivity contribution < 1.29 is 24.5 Å². The maximum Gasteiger partial charge on any atom is 0.328 e. The van der Waals surface area contributed by atoms with Crippen LogP contribution in [0.1, 0.15) is 6.42 Å². The fraction of sp³-hybridized carbons (Fsp3) is 0.750. The third kappa shape index (κ3) is 2.65. The summed E-state index contributed by atoms with van der Waals surface area (Å²) in [6.45, 7) is -0.227. The first-order chi connectivity index (χ1) is 6.99. The summed E-state index contributed by atoms with van der Waals surface area (Å²) >= 11 is 0. The summed E-state index contributed by atoms with van der Waals surface area (Å²) in [5.74, 6) is -1.91.